The minimum absolute atomic E-state index is 0.0926. The third-order valence-corrected chi connectivity index (χ3v) is 4.05. The van der Waals surface area contributed by atoms with Crippen molar-refractivity contribution >= 4 is 5.91 Å². The van der Waals surface area contributed by atoms with Crippen LogP contribution in [0.1, 0.15) is 43.1 Å². The van der Waals surface area contributed by atoms with E-state index in [9.17, 15) is 4.79 Å². The number of hydrogen-bond donors (Lipinski definition) is 1. The van der Waals surface area contributed by atoms with Crippen molar-refractivity contribution in [2.24, 2.45) is 0 Å². The van der Waals surface area contributed by atoms with E-state index in [1.807, 2.05) is 57.2 Å². The Morgan fingerprint density at radius 1 is 1.08 bits per heavy atom. The highest BCUT2D eigenvalue weighted by molar-refractivity contribution is 5.94. The fourth-order valence-corrected chi connectivity index (χ4v) is 2.39. The van der Waals surface area contributed by atoms with Crippen molar-refractivity contribution in [2.75, 3.05) is 13.7 Å². The Bertz CT molecular complexity index is 730. The van der Waals surface area contributed by atoms with Crippen LogP contribution in [0.4, 0.5) is 0 Å². The van der Waals surface area contributed by atoms with Crippen molar-refractivity contribution in [1.82, 2.24) is 5.32 Å². The fourth-order valence-electron chi connectivity index (χ4n) is 2.39. The zero-order valence-corrected chi connectivity index (χ0v) is 15.9. The lowest BCUT2D eigenvalue weighted by Crippen LogP contribution is -2.32. The Hall–Kier alpha value is -2.69. The lowest BCUT2D eigenvalue weighted by Gasteiger charge is -2.15. The molecule has 2 aromatic rings. The maximum Gasteiger partial charge on any atom is 0.251 e. The second kappa shape index (κ2) is 9.70. The number of benzene rings is 2. The van der Waals surface area contributed by atoms with Gasteiger partial charge >= 0.3 is 0 Å². The summed E-state index contributed by atoms with van der Waals surface area (Å²) in [7, 11) is 1.62. The molecule has 0 aliphatic rings. The van der Waals surface area contributed by atoms with Gasteiger partial charge in [0, 0.05) is 23.2 Å². The molecule has 0 spiro atoms. The number of hydrogen-bond acceptors (Lipinski definition) is 4. The van der Waals surface area contributed by atoms with Gasteiger partial charge in [-0.05, 0) is 50.6 Å². The molecule has 1 unspecified atom stereocenters. The molecule has 140 valence electrons. The summed E-state index contributed by atoms with van der Waals surface area (Å²) in [6, 6.07) is 13.0. The van der Waals surface area contributed by atoms with E-state index in [0.29, 0.717) is 24.5 Å². The van der Waals surface area contributed by atoms with Crippen molar-refractivity contribution in [1.29, 1.82) is 0 Å². The summed E-state index contributed by atoms with van der Waals surface area (Å²) in [5.41, 5.74) is 1.42. The lowest BCUT2D eigenvalue weighted by molar-refractivity contribution is 0.0939. The minimum Gasteiger partial charge on any atom is -0.497 e. The maximum absolute atomic E-state index is 12.4. The van der Waals surface area contributed by atoms with E-state index < -0.39 is 0 Å². The van der Waals surface area contributed by atoms with E-state index in [2.05, 4.69) is 5.32 Å². The van der Waals surface area contributed by atoms with Crippen LogP contribution in [-0.2, 0) is 6.61 Å². The quantitative estimate of drug-likeness (QED) is 0.731. The molecule has 0 radical (unpaired) electrons. The Balaban J connectivity index is 2.17. The molecule has 1 N–H and O–H groups in total. The number of carbonyl (C=O) groups excluding carboxylic acids is 1. The van der Waals surface area contributed by atoms with Crippen LogP contribution in [0, 0.1) is 0 Å². The van der Waals surface area contributed by atoms with E-state index >= 15 is 0 Å². The number of methoxy groups -OCH3 is 1. The van der Waals surface area contributed by atoms with E-state index in [4.69, 9.17) is 14.2 Å². The first kappa shape index (κ1) is 19.6. The van der Waals surface area contributed by atoms with Gasteiger partial charge in [-0.25, -0.2) is 0 Å². The summed E-state index contributed by atoms with van der Waals surface area (Å²) >= 11 is 0. The maximum atomic E-state index is 12.4. The molecule has 0 fully saturated rings. The van der Waals surface area contributed by atoms with Gasteiger partial charge in [0.15, 0.2) is 0 Å². The van der Waals surface area contributed by atoms with E-state index in [1.165, 1.54) is 0 Å². The Kier molecular flexibility index (Phi) is 7.33. The molecular weight excluding hydrogens is 330 g/mol. The standard InChI is InChI=1S/C21H27NO4/c1-5-15(3)22-21(23)16-10-11-20(25-6-2)17(12-16)14-26-19-9-7-8-18(13-19)24-4/h7-13,15H,5-6,14H2,1-4H3,(H,22,23). The Labute approximate surface area is 155 Å². The van der Waals surface area contributed by atoms with Crippen LogP contribution < -0.4 is 19.5 Å². The molecule has 5 heteroatoms. The molecule has 0 aliphatic heterocycles. The summed E-state index contributed by atoms with van der Waals surface area (Å²) < 4.78 is 16.7. The Morgan fingerprint density at radius 2 is 1.85 bits per heavy atom. The number of rotatable bonds is 9. The summed E-state index contributed by atoms with van der Waals surface area (Å²) in [5.74, 6) is 2.05. The van der Waals surface area contributed by atoms with Crippen LogP contribution in [0.5, 0.6) is 17.2 Å². The van der Waals surface area contributed by atoms with Gasteiger partial charge in [0.2, 0.25) is 0 Å². The van der Waals surface area contributed by atoms with Crippen molar-refractivity contribution in [2.45, 2.75) is 39.8 Å². The third kappa shape index (κ3) is 5.41. The third-order valence-electron chi connectivity index (χ3n) is 4.05. The van der Waals surface area contributed by atoms with Crippen LogP contribution in [0.3, 0.4) is 0 Å². The highest BCUT2D eigenvalue weighted by atomic mass is 16.5. The SMILES string of the molecule is CCOc1ccc(C(=O)NC(C)CC)cc1COc1cccc(OC)c1. The van der Waals surface area contributed by atoms with Crippen LogP contribution in [0.25, 0.3) is 0 Å². The van der Waals surface area contributed by atoms with E-state index in [0.717, 1.165) is 23.5 Å². The molecule has 5 nitrogen and oxygen atoms in total. The van der Waals surface area contributed by atoms with Crippen LogP contribution in [-0.4, -0.2) is 25.7 Å². The first-order valence-electron chi connectivity index (χ1n) is 8.90. The molecule has 0 saturated carbocycles. The zero-order valence-electron chi connectivity index (χ0n) is 15.9. The second-order valence-corrected chi connectivity index (χ2v) is 6.01. The van der Waals surface area contributed by atoms with Gasteiger partial charge in [-0.1, -0.05) is 13.0 Å². The lowest BCUT2D eigenvalue weighted by atomic mass is 10.1. The number of ether oxygens (including phenoxy) is 3. The predicted molar refractivity (Wildman–Crippen MR) is 102 cm³/mol. The van der Waals surface area contributed by atoms with E-state index in [-0.39, 0.29) is 11.9 Å². The molecule has 0 aliphatic carbocycles. The fraction of sp³-hybridized carbons (Fsp3) is 0.381. The van der Waals surface area contributed by atoms with Gasteiger partial charge in [0.1, 0.15) is 23.9 Å². The number of amides is 1. The van der Waals surface area contributed by atoms with Gasteiger partial charge in [0.05, 0.1) is 13.7 Å². The number of nitrogens with one attached hydrogen (secondary N) is 1. The molecule has 26 heavy (non-hydrogen) atoms. The minimum atomic E-state index is -0.0926. The van der Waals surface area contributed by atoms with Crippen LogP contribution in [0.2, 0.25) is 0 Å². The normalized spacial score (nSPS) is 11.5. The zero-order chi connectivity index (χ0) is 18.9. The van der Waals surface area contributed by atoms with Gasteiger partial charge < -0.3 is 19.5 Å². The van der Waals surface area contributed by atoms with Crippen molar-refractivity contribution in [3.8, 4) is 17.2 Å². The van der Waals surface area contributed by atoms with Gasteiger partial charge in [-0.3, -0.25) is 4.79 Å². The molecular formula is C21H27NO4. The average Bonchev–Trinajstić information content (AvgIpc) is 2.67. The summed E-state index contributed by atoms with van der Waals surface area (Å²) in [5, 5.41) is 2.98. The molecule has 1 amide bonds. The Morgan fingerprint density at radius 3 is 2.54 bits per heavy atom. The van der Waals surface area contributed by atoms with Crippen molar-refractivity contribution in [3.05, 3.63) is 53.6 Å². The molecule has 0 aromatic heterocycles. The molecule has 2 rings (SSSR count). The first-order chi connectivity index (χ1) is 12.6. The van der Waals surface area contributed by atoms with Gasteiger partial charge in [-0.2, -0.15) is 0 Å². The monoisotopic (exact) mass is 357 g/mol. The predicted octanol–water partition coefficient (Wildman–Crippen LogP) is 4.20. The van der Waals surface area contributed by atoms with Crippen LogP contribution in [0.15, 0.2) is 42.5 Å². The molecule has 1 atom stereocenters. The van der Waals surface area contributed by atoms with E-state index in [1.54, 1.807) is 13.2 Å². The topological polar surface area (TPSA) is 56.8 Å². The number of carbonyl (C=O) groups is 1. The second-order valence-electron chi connectivity index (χ2n) is 6.01. The van der Waals surface area contributed by atoms with Gasteiger partial charge in [0.25, 0.3) is 5.91 Å². The highest BCUT2D eigenvalue weighted by Gasteiger charge is 2.13. The average molecular weight is 357 g/mol. The van der Waals surface area contributed by atoms with Crippen LogP contribution >= 0.6 is 0 Å². The highest BCUT2D eigenvalue weighted by Crippen LogP contribution is 2.24. The van der Waals surface area contributed by atoms with Crippen molar-refractivity contribution < 1.29 is 19.0 Å². The molecule has 0 bridgehead atoms. The van der Waals surface area contributed by atoms with Gasteiger partial charge in [-0.15, -0.1) is 0 Å². The van der Waals surface area contributed by atoms with Crippen molar-refractivity contribution in [3.63, 3.8) is 0 Å². The summed E-state index contributed by atoms with van der Waals surface area (Å²) in [6.07, 6.45) is 0.884. The summed E-state index contributed by atoms with van der Waals surface area (Å²) in [6.45, 7) is 6.80. The molecule has 0 heterocycles. The largest absolute Gasteiger partial charge is 0.497 e. The molecule has 0 saturated heterocycles. The smallest absolute Gasteiger partial charge is 0.251 e. The summed E-state index contributed by atoms with van der Waals surface area (Å²) in [4.78, 5) is 12.4. The first-order valence-corrected chi connectivity index (χ1v) is 8.90. The molecule has 2 aromatic carbocycles.